The van der Waals surface area contributed by atoms with E-state index in [1.807, 2.05) is 6.92 Å². The smallest absolute Gasteiger partial charge is 0.239 e. The predicted molar refractivity (Wildman–Crippen MR) is 58.1 cm³/mol. The summed E-state index contributed by atoms with van der Waals surface area (Å²) in [5.74, 6) is 0.0853. The Hall–Kier alpha value is -0.620. The quantitative estimate of drug-likeness (QED) is 0.705. The Labute approximate surface area is 90.5 Å². The fourth-order valence-electron chi connectivity index (χ4n) is 1.70. The van der Waals surface area contributed by atoms with E-state index in [2.05, 4.69) is 0 Å². The van der Waals surface area contributed by atoms with Crippen molar-refractivity contribution in [3.63, 3.8) is 0 Å². The number of hydrogen-bond acceptors (Lipinski definition) is 4. The van der Waals surface area contributed by atoms with Gasteiger partial charge in [-0.15, -0.1) is 0 Å². The fraction of sp³-hybridized carbons (Fsp3) is 0.889. The van der Waals surface area contributed by atoms with Crippen LogP contribution in [0.2, 0.25) is 0 Å². The van der Waals surface area contributed by atoms with E-state index in [1.165, 1.54) is 4.90 Å². The maximum Gasteiger partial charge on any atom is 0.239 e. The molecular weight excluding hydrogens is 216 g/mol. The molecule has 2 unspecified atom stereocenters. The highest BCUT2D eigenvalue weighted by Gasteiger charge is 2.33. The minimum absolute atomic E-state index is 0.0751. The van der Waals surface area contributed by atoms with Crippen LogP contribution in [0.1, 0.15) is 19.8 Å². The molecule has 0 aromatic heterocycles. The Morgan fingerprint density at radius 2 is 2.20 bits per heavy atom. The van der Waals surface area contributed by atoms with Crippen molar-refractivity contribution in [3.8, 4) is 0 Å². The zero-order valence-electron chi connectivity index (χ0n) is 9.14. The highest BCUT2D eigenvalue weighted by molar-refractivity contribution is 7.91. The van der Waals surface area contributed by atoms with E-state index in [0.29, 0.717) is 12.8 Å². The van der Waals surface area contributed by atoms with Gasteiger partial charge in [-0.05, 0) is 12.8 Å². The lowest BCUT2D eigenvalue weighted by molar-refractivity contribution is -0.132. The molecule has 1 amide bonds. The van der Waals surface area contributed by atoms with E-state index in [-0.39, 0.29) is 23.5 Å². The molecule has 0 aliphatic carbocycles. The molecule has 1 aliphatic heterocycles. The summed E-state index contributed by atoms with van der Waals surface area (Å²) in [7, 11) is -1.31. The molecule has 1 aliphatic rings. The topological polar surface area (TPSA) is 80.5 Å². The molecule has 0 spiro atoms. The zero-order chi connectivity index (χ0) is 11.6. The number of carbonyl (C=O) groups excluding carboxylic acids is 1. The van der Waals surface area contributed by atoms with Crippen molar-refractivity contribution < 1.29 is 13.2 Å². The molecule has 1 saturated heterocycles. The molecule has 1 fully saturated rings. The van der Waals surface area contributed by atoms with Crippen molar-refractivity contribution in [2.75, 3.05) is 18.6 Å². The van der Waals surface area contributed by atoms with Gasteiger partial charge >= 0.3 is 0 Å². The lowest BCUT2D eigenvalue weighted by Gasteiger charge is -2.25. The van der Waals surface area contributed by atoms with Crippen molar-refractivity contribution in [2.45, 2.75) is 31.8 Å². The Morgan fingerprint density at radius 1 is 1.60 bits per heavy atom. The van der Waals surface area contributed by atoms with Gasteiger partial charge in [-0.3, -0.25) is 4.79 Å². The molecule has 0 saturated carbocycles. The Morgan fingerprint density at radius 3 is 2.60 bits per heavy atom. The summed E-state index contributed by atoms with van der Waals surface area (Å²) in [6.07, 6.45) is 1.10. The Bertz CT molecular complexity index is 339. The molecular formula is C9H18N2O3S. The molecule has 5 nitrogen and oxygen atoms in total. The molecule has 88 valence electrons. The summed E-state index contributed by atoms with van der Waals surface area (Å²) in [5.41, 5.74) is 5.61. The van der Waals surface area contributed by atoms with Crippen LogP contribution in [0.4, 0.5) is 0 Å². The van der Waals surface area contributed by atoms with Gasteiger partial charge in [0.05, 0.1) is 17.5 Å². The second-order valence-electron chi connectivity index (χ2n) is 4.02. The fourth-order valence-corrected chi connectivity index (χ4v) is 3.47. The summed E-state index contributed by atoms with van der Waals surface area (Å²) in [4.78, 5) is 13.2. The summed E-state index contributed by atoms with van der Waals surface area (Å²) in [6.45, 7) is 1.84. The third-order valence-electron chi connectivity index (χ3n) is 2.86. The summed E-state index contributed by atoms with van der Waals surface area (Å²) in [5, 5.41) is 0. The van der Waals surface area contributed by atoms with Crippen molar-refractivity contribution in [2.24, 2.45) is 5.73 Å². The molecule has 15 heavy (non-hydrogen) atoms. The minimum Gasteiger partial charge on any atom is -0.340 e. The number of nitrogens with two attached hydrogens (primary N) is 1. The lowest BCUT2D eigenvalue weighted by atomic mass is 10.1. The van der Waals surface area contributed by atoms with Crippen LogP contribution in [-0.2, 0) is 14.6 Å². The normalized spacial score (nSPS) is 26.2. The van der Waals surface area contributed by atoms with Crippen LogP contribution >= 0.6 is 0 Å². The van der Waals surface area contributed by atoms with Crippen LogP contribution in [0, 0.1) is 0 Å². The maximum atomic E-state index is 11.7. The number of amides is 1. The van der Waals surface area contributed by atoms with Gasteiger partial charge in [0.2, 0.25) is 5.91 Å². The van der Waals surface area contributed by atoms with Crippen molar-refractivity contribution in [3.05, 3.63) is 0 Å². The Kier molecular flexibility index (Phi) is 3.72. The maximum absolute atomic E-state index is 11.7. The Balaban J connectivity index is 2.63. The van der Waals surface area contributed by atoms with Gasteiger partial charge in [0.15, 0.2) is 9.84 Å². The third-order valence-corrected chi connectivity index (χ3v) is 4.61. The minimum atomic E-state index is -2.94. The largest absolute Gasteiger partial charge is 0.340 e. The van der Waals surface area contributed by atoms with Crippen LogP contribution in [0.15, 0.2) is 0 Å². The number of likely N-dealkylation sites (N-methyl/N-ethyl adjacent to an activating group) is 1. The summed E-state index contributed by atoms with van der Waals surface area (Å²) >= 11 is 0. The number of carbonyl (C=O) groups is 1. The second kappa shape index (κ2) is 4.49. The third kappa shape index (κ3) is 2.92. The SMILES string of the molecule is CCC(N)C(=O)N(C)C1CCS(=O)(=O)C1. The average molecular weight is 234 g/mol. The van der Waals surface area contributed by atoms with Crippen LogP contribution < -0.4 is 5.73 Å². The van der Waals surface area contributed by atoms with Crippen molar-refractivity contribution >= 4 is 15.7 Å². The zero-order valence-corrected chi connectivity index (χ0v) is 9.96. The monoisotopic (exact) mass is 234 g/mol. The van der Waals surface area contributed by atoms with E-state index in [4.69, 9.17) is 5.73 Å². The summed E-state index contributed by atoms with van der Waals surface area (Å²) < 4.78 is 22.5. The van der Waals surface area contributed by atoms with Gasteiger partial charge in [0.1, 0.15) is 0 Å². The molecule has 6 heteroatoms. The van der Waals surface area contributed by atoms with E-state index in [9.17, 15) is 13.2 Å². The molecule has 1 rings (SSSR count). The summed E-state index contributed by atoms with van der Waals surface area (Å²) in [6, 6.07) is -0.710. The van der Waals surface area contributed by atoms with Crippen LogP contribution in [0.25, 0.3) is 0 Å². The first-order valence-corrected chi connectivity index (χ1v) is 6.92. The molecule has 0 aromatic carbocycles. The average Bonchev–Trinajstić information content (AvgIpc) is 2.55. The van der Waals surface area contributed by atoms with E-state index in [0.717, 1.165) is 0 Å². The molecule has 2 N–H and O–H groups in total. The van der Waals surface area contributed by atoms with Crippen molar-refractivity contribution in [1.82, 2.24) is 4.90 Å². The first-order chi connectivity index (χ1) is 6.87. The molecule has 0 radical (unpaired) electrons. The van der Waals surface area contributed by atoms with E-state index < -0.39 is 15.9 Å². The van der Waals surface area contributed by atoms with E-state index in [1.54, 1.807) is 7.05 Å². The van der Waals surface area contributed by atoms with Crippen molar-refractivity contribution in [1.29, 1.82) is 0 Å². The van der Waals surface area contributed by atoms with Crippen LogP contribution in [-0.4, -0.2) is 49.9 Å². The van der Waals surface area contributed by atoms with Crippen LogP contribution in [0.3, 0.4) is 0 Å². The van der Waals surface area contributed by atoms with Gasteiger partial charge in [0.25, 0.3) is 0 Å². The second-order valence-corrected chi connectivity index (χ2v) is 6.25. The number of hydrogen-bond donors (Lipinski definition) is 1. The number of sulfone groups is 1. The highest BCUT2D eigenvalue weighted by Crippen LogP contribution is 2.17. The predicted octanol–water partition coefficient (Wildman–Crippen LogP) is -0.631. The van der Waals surface area contributed by atoms with Gasteiger partial charge in [-0.1, -0.05) is 6.92 Å². The molecule has 2 atom stereocenters. The van der Waals surface area contributed by atoms with Gasteiger partial charge in [0, 0.05) is 13.1 Å². The van der Waals surface area contributed by atoms with Gasteiger partial charge in [-0.25, -0.2) is 8.42 Å². The van der Waals surface area contributed by atoms with Gasteiger partial charge < -0.3 is 10.6 Å². The number of rotatable bonds is 3. The van der Waals surface area contributed by atoms with E-state index >= 15 is 0 Å². The first-order valence-electron chi connectivity index (χ1n) is 5.10. The standard InChI is InChI=1S/C9H18N2O3S/c1-3-8(10)9(12)11(2)7-4-5-15(13,14)6-7/h7-8H,3-6,10H2,1-2H3. The van der Waals surface area contributed by atoms with Crippen LogP contribution in [0.5, 0.6) is 0 Å². The lowest BCUT2D eigenvalue weighted by Crippen LogP contribution is -2.46. The first kappa shape index (κ1) is 12.4. The van der Waals surface area contributed by atoms with Gasteiger partial charge in [-0.2, -0.15) is 0 Å². The molecule has 0 bridgehead atoms. The molecule has 1 heterocycles. The number of nitrogens with zero attached hydrogens (tertiary/aromatic N) is 1. The molecule has 0 aromatic rings. The highest BCUT2D eigenvalue weighted by atomic mass is 32.2.